The maximum absolute atomic E-state index is 12.2. The lowest BCUT2D eigenvalue weighted by Crippen LogP contribution is -2.39. The molecule has 1 aliphatic rings. The molecule has 2 rings (SSSR count). The van der Waals surface area contributed by atoms with Crippen LogP contribution in [0.2, 0.25) is 0 Å². The molecule has 0 amide bonds. The van der Waals surface area contributed by atoms with Gasteiger partial charge in [-0.1, -0.05) is 12.1 Å². The topological polar surface area (TPSA) is 83.7 Å². The lowest BCUT2D eigenvalue weighted by Gasteiger charge is -2.32. The number of carbonyl (C=O) groups excluding carboxylic acids is 1. The number of aliphatic hydroxyl groups is 1. The predicted octanol–water partition coefficient (Wildman–Crippen LogP) is 1.87. The Morgan fingerprint density at radius 2 is 2.14 bits per heavy atom. The van der Waals surface area contributed by atoms with Crippen LogP contribution >= 0.6 is 0 Å². The van der Waals surface area contributed by atoms with Crippen LogP contribution in [0.1, 0.15) is 30.1 Å². The average Bonchev–Trinajstić information content (AvgIpc) is 2.48. The molecule has 0 bridgehead atoms. The van der Waals surface area contributed by atoms with E-state index in [0.29, 0.717) is 11.5 Å². The van der Waals surface area contributed by atoms with Crippen molar-refractivity contribution in [2.75, 3.05) is 19.6 Å². The number of hydrogen-bond acceptors (Lipinski definition) is 5. The van der Waals surface area contributed by atoms with Gasteiger partial charge in [-0.05, 0) is 38.8 Å². The molecule has 1 heterocycles. The highest BCUT2D eigenvalue weighted by Crippen LogP contribution is 2.21. The molecule has 0 aromatic heterocycles. The number of rotatable bonds is 5. The first-order chi connectivity index (χ1) is 9.97. The Labute approximate surface area is 123 Å². The summed E-state index contributed by atoms with van der Waals surface area (Å²) >= 11 is 0. The Morgan fingerprint density at radius 1 is 1.48 bits per heavy atom. The number of aliphatic hydroxyl groups excluding tert-OH is 1. The first kappa shape index (κ1) is 15.6. The van der Waals surface area contributed by atoms with E-state index in [9.17, 15) is 20.0 Å². The smallest absolute Gasteiger partial charge is 0.270 e. The van der Waals surface area contributed by atoms with Gasteiger partial charge in [0, 0.05) is 17.7 Å². The summed E-state index contributed by atoms with van der Waals surface area (Å²) in [5, 5.41) is 20.3. The molecule has 21 heavy (non-hydrogen) atoms. The number of carbonyl (C=O) groups is 1. The van der Waals surface area contributed by atoms with E-state index in [4.69, 9.17) is 0 Å². The number of nitro benzene ring substituents is 1. The van der Waals surface area contributed by atoms with E-state index in [1.807, 2.05) is 4.90 Å². The Hall–Kier alpha value is -1.79. The Balaban J connectivity index is 1.93. The van der Waals surface area contributed by atoms with Crippen molar-refractivity contribution in [3.05, 3.63) is 39.9 Å². The van der Waals surface area contributed by atoms with Crippen molar-refractivity contribution in [3.8, 4) is 0 Å². The highest BCUT2D eigenvalue weighted by Gasteiger charge is 2.24. The molecule has 0 aliphatic carbocycles. The van der Waals surface area contributed by atoms with Gasteiger partial charge in [0.15, 0.2) is 5.78 Å². The van der Waals surface area contributed by atoms with Crippen molar-refractivity contribution in [2.45, 2.75) is 25.9 Å². The average molecular weight is 292 g/mol. The second-order valence-electron chi connectivity index (χ2n) is 5.58. The zero-order valence-corrected chi connectivity index (χ0v) is 12.1. The minimum Gasteiger partial charge on any atom is -0.393 e. The third kappa shape index (κ3) is 4.09. The van der Waals surface area contributed by atoms with Crippen molar-refractivity contribution in [3.63, 3.8) is 0 Å². The molecule has 114 valence electrons. The highest BCUT2D eigenvalue weighted by molar-refractivity contribution is 5.98. The van der Waals surface area contributed by atoms with E-state index in [1.54, 1.807) is 13.0 Å². The van der Waals surface area contributed by atoms with Gasteiger partial charge in [0.25, 0.3) is 5.69 Å². The molecule has 1 atom stereocenters. The maximum Gasteiger partial charge on any atom is 0.270 e. The molecule has 1 aromatic rings. The zero-order chi connectivity index (χ0) is 15.4. The van der Waals surface area contributed by atoms with Gasteiger partial charge < -0.3 is 5.11 Å². The summed E-state index contributed by atoms with van der Waals surface area (Å²) in [4.78, 5) is 24.5. The summed E-state index contributed by atoms with van der Waals surface area (Å²) in [6.07, 6.45) is 1.44. The number of likely N-dealkylation sites (tertiary alicyclic amines) is 1. The molecule has 0 radical (unpaired) electrons. The van der Waals surface area contributed by atoms with E-state index in [-0.39, 0.29) is 24.1 Å². The normalized spacial score (nSPS) is 18.4. The van der Waals surface area contributed by atoms with Gasteiger partial charge in [-0.2, -0.15) is 0 Å². The van der Waals surface area contributed by atoms with E-state index >= 15 is 0 Å². The van der Waals surface area contributed by atoms with Crippen LogP contribution in [0, 0.1) is 16.0 Å². The summed E-state index contributed by atoms with van der Waals surface area (Å²) in [7, 11) is 0. The summed E-state index contributed by atoms with van der Waals surface area (Å²) in [6.45, 7) is 3.62. The molecular formula is C15H20N2O4. The Kier molecular flexibility index (Phi) is 5.03. The third-order valence-electron chi connectivity index (χ3n) is 4.06. The van der Waals surface area contributed by atoms with Crippen LogP contribution in [0.3, 0.4) is 0 Å². The highest BCUT2D eigenvalue weighted by atomic mass is 16.6. The van der Waals surface area contributed by atoms with Gasteiger partial charge in [-0.25, -0.2) is 0 Å². The molecule has 1 N–H and O–H groups in total. The van der Waals surface area contributed by atoms with Crippen molar-refractivity contribution < 1.29 is 14.8 Å². The SMILES string of the molecule is CC(O)C1CCN(CC(=O)c2cccc([N+](=O)[O-])c2)CC1. The molecule has 0 saturated carbocycles. The van der Waals surface area contributed by atoms with E-state index < -0.39 is 4.92 Å². The number of nitrogens with zero attached hydrogens (tertiary/aromatic N) is 2. The fourth-order valence-electron chi connectivity index (χ4n) is 2.68. The number of benzene rings is 1. The van der Waals surface area contributed by atoms with E-state index in [2.05, 4.69) is 0 Å². The van der Waals surface area contributed by atoms with Crippen LogP contribution in [0.4, 0.5) is 5.69 Å². The minimum atomic E-state index is -0.495. The number of non-ortho nitro benzene ring substituents is 1. The van der Waals surface area contributed by atoms with Crippen molar-refractivity contribution in [1.82, 2.24) is 4.90 Å². The van der Waals surface area contributed by atoms with Crippen LogP contribution in [0.5, 0.6) is 0 Å². The lowest BCUT2D eigenvalue weighted by molar-refractivity contribution is -0.384. The van der Waals surface area contributed by atoms with Crippen LogP contribution < -0.4 is 0 Å². The second-order valence-corrected chi connectivity index (χ2v) is 5.58. The number of ketones is 1. The Bertz CT molecular complexity index is 522. The van der Waals surface area contributed by atoms with Gasteiger partial charge in [-0.3, -0.25) is 19.8 Å². The molecule has 6 nitrogen and oxygen atoms in total. The number of nitro groups is 1. The molecule has 6 heteroatoms. The first-order valence-corrected chi connectivity index (χ1v) is 7.15. The fourth-order valence-corrected chi connectivity index (χ4v) is 2.68. The van der Waals surface area contributed by atoms with Crippen molar-refractivity contribution >= 4 is 11.5 Å². The lowest BCUT2D eigenvalue weighted by atomic mass is 9.92. The predicted molar refractivity (Wildman–Crippen MR) is 78.3 cm³/mol. The summed E-state index contributed by atoms with van der Waals surface area (Å²) < 4.78 is 0. The zero-order valence-electron chi connectivity index (χ0n) is 12.1. The monoisotopic (exact) mass is 292 g/mol. The van der Waals surface area contributed by atoms with Gasteiger partial charge in [0.1, 0.15) is 0 Å². The standard InChI is InChI=1S/C15H20N2O4/c1-11(18)12-5-7-16(8-6-12)10-15(19)13-3-2-4-14(9-13)17(20)21/h2-4,9,11-12,18H,5-8,10H2,1H3. The van der Waals surface area contributed by atoms with Gasteiger partial charge in [0.05, 0.1) is 17.6 Å². The fraction of sp³-hybridized carbons (Fsp3) is 0.533. The largest absolute Gasteiger partial charge is 0.393 e. The number of Topliss-reactive ketones (excluding diaryl/α,β-unsaturated/α-hetero) is 1. The quantitative estimate of drug-likeness (QED) is 0.509. The summed E-state index contributed by atoms with van der Waals surface area (Å²) in [6, 6.07) is 5.85. The van der Waals surface area contributed by atoms with Crippen LogP contribution in [-0.4, -0.2) is 46.5 Å². The summed E-state index contributed by atoms with van der Waals surface area (Å²) in [5.41, 5.74) is 0.315. The molecule has 1 aliphatic heterocycles. The molecule has 1 saturated heterocycles. The molecule has 1 unspecified atom stereocenters. The van der Waals surface area contributed by atoms with Crippen LogP contribution in [-0.2, 0) is 0 Å². The van der Waals surface area contributed by atoms with E-state index in [1.165, 1.54) is 18.2 Å². The number of hydrogen-bond donors (Lipinski definition) is 1. The third-order valence-corrected chi connectivity index (χ3v) is 4.06. The van der Waals surface area contributed by atoms with Gasteiger partial charge >= 0.3 is 0 Å². The van der Waals surface area contributed by atoms with Crippen molar-refractivity contribution in [1.29, 1.82) is 0 Å². The van der Waals surface area contributed by atoms with E-state index in [0.717, 1.165) is 25.9 Å². The molecular weight excluding hydrogens is 272 g/mol. The molecule has 0 spiro atoms. The van der Waals surface area contributed by atoms with Gasteiger partial charge in [0.2, 0.25) is 0 Å². The Morgan fingerprint density at radius 3 is 2.71 bits per heavy atom. The molecule has 1 fully saturated rings. The second kappa shape index (κ2) is 6.78. The summed E-state index contributed by atoms with van der Waals surface area (Å²) in [5.74, 6) is 0.198. The first-order valence-electron chi connectivity index (χ1n) is 7.15. The minimum absolute atomic E-state index is 0.0614. The van der Waals surface area contributed by atoms with Crippen LogP contribution in [0.15, 0.2) is 24.3 Å². The molecule has 1 aromatic carbocycles. The van der Waals surface area contributed by atoms with Crippen LogP contribution in [0.25, 0.3) is 0 Å². The number of piperidine rings is 1. The van der Waals surface area contributed by atoms with Gasteiger partial charge in [-0.15, -0.1) is 0 Å². The maximum atomic E-state index is 12.2. The van der Waals surface area contributed by atoms with Crippen molar-refractivity contribution in [2.24, 2.45) is 5.92 Å².